The molecular weight excluding hydrogens is 216 g/mol. The van der Waals surface area contributed by atoms with E-state index in [0.717, 1.165) is 12.8 Å². The quantitative estimate of drug-likeness (QED) is 0.480. The highest BCUT2D eigenvalue weighted by Crippen LogP contribution is 2.07. The Bertz CT molecular complexity index is 217. The van der Waals surface area contributed by atoms with E-state index in [9.17, 15) is 9.59 Å². The Morgan fingerprint density at radius 1 is 0.824 bits per heavy atom. The van der Waals surface area contributed by atoms with Crippen molar-refractivity contribution in [3.8, 4) is 0 Å². The second kappa shape index (κ2) is 11.4. The van der Waals surface area contributed by atoms with Crippen molar-refractivity contribution in [2.75, 3.05) is 13.6 Å². The van der Waals surface area contributed by atoms with Gasteiger partial charge in [-0.3, -0.25) is 9.59 Å². The number of hydrogen-bond acceptors (Lipinski definition) is 2. The fourth-order valence-electron chi connectivity index (χ4n) is 1.65. The first-order valence-electron chi connectivity index (χ1n) is 6.72. The first-order valence-corrected chi connectivity index (χ1v) is 6.72. The van der Waals surface area contributed by atoms with E-state index in [-0.39, 0.29) is 0 Å². The van der Waals surface area contributed by atoms with Crippen LogP contribution in [-0.2, 0) is 9.59 Å². The van der Waals surface area contributed by atoms with Crippen molar-refractivity contribution in [2.24, 2.45) is 0 Å². The maximum Gasteiger partial charge on any atom is 0.309 e. The third kappa shape index (κ3) is 9.85. The van der Waals surface area contributed by atoms with Gasteiger partial charge in [-0.05, 0) is 6.42 Å². The maximum absolute atomic E-state index is 11.1. The zero-order valence-corrected chi connectivity index (χ0v) is 11.2. The van der Waals surface area contributed by atoms with Crippen molar-refractivity contribution in [1.29, 1.82) is 0 Å². The van der Waals surface area contributed by atoms with Gasteiger partial charge in [0.2, 0.25) is 0 Å². The minimum absolute atomic E-state index is 0.532. The van der Waals surface area contributed by atoms with Gasteiger partial charge in [0.05, 0.1) is 0 Å². The summed E-state index contributed by atoms with van der Waals surface area (Å²) in [6.07, 6.45) is 9.86. The average Bonchev–Trinajstić information content (AvgIpc) is 2.35. The van der Waals surface area contributed by atoms with E-state index in [2.05, 4.69) is 17.6 Å². The van der Waals surface area contributed by atoms with Crippen LogP contribution in [-0.4, -0.2) is 25.4 Å². The monoisotopic (exact) mass is 242 g/mol. The molecule has 4 heteroatoms. The molecule has 0 fully saturated rings. The highest BCUT2D eigenvalue weighted by Gasteiger charge is 2.08. The zero-order chi connectivity index (χ0) is 12.9. The summed E-state index contributed by atoms with van der Waals surface area (Å²) in [5.41, 5.74) is 0. The molecule has 100 valence electrons. The lowest BCUT2D eigenvalue weighted by atomic mass is 10.1. The number of likely N-dealkylation sites (N-methyl/N-ethyl adjacent to an activating group) is 1. The van der Waals surface area contributed by atoms with Crippen LogP contribution in [0.1, 0.15) is 58.3 Å². The maximum atomic E-state index is 11.1. The first kappa shape index (κ1) is 15.9. The molecule has 0 aliphatic rings. The summed E-state index contributed by atoms with van der Waals surface area (Å²) in [7, 11) is 1.46. The molecule has 0 aromatic rings. The summed E-state index contributed by atoms with van der Waals surface area (Å²) in [6.45, 7) is 2.82. The highest BCUT2D eigenvalue weighted by atomic mass is 16.2. The van der Waals surface area contributed by atoms with Crippen LogP contribution >= 0.6 is 0 Å². The smallest absolute Gasteiger partial charge is 0.309 e. The summed E-state index contributed by atoms with van der Waals surface area (Å²) >= 11 is 0. The van der Waals surface area contributed by atoms with Gasteiger partial charge in [0.15, 0.2) is 0 Å². The van der Waals surface area contributed by atoms with Crippen molar-refractivity contribution in [1.82, 2.24) is 10.6 Å². The lowest BCUT2D eigenvalue weighted by Crippen LogP contribution is -2.38. The molecular formula is C13H26N2O2. The number of amides is 2. The minimum atomic E-state index is -0.565. The van der Waals surface area contributed by atoms with Gasteiger partial charge in [-0.2, -0.15) is 0 Å². The number of carbonyl (C=O) groups is 2. The second-order valence-electron chi connectivity index (χ2n) is 4.31. The summed E-state index contributed by atoms with van der Waals surface area (Å²) < 4.78 is 0. The van der Waals surface area contributed by atoms with Gasteiger partial charge in [0.25, 0.3) is 0 Å². The summed E-state index contributed by atoms with van der Waals surface area (Å²) in [5, 5.41) is 4.89. The number of hydrogen-bond donors (Lipinski definition) is 2. The highest BCUT2D eigenvalue weighted by molar-refractivity contribution is 6.34. The molecule has 0 radical (unpaired) electrons. The van der Waals surface area contributed by atoms with Gasteiger partial charge in [-0.15, -0.1) is 0 Å². The van der Waals surface area contributed by atoms with E-state index < -0.39 is 11.8 Å². The molecule has 0 bridgehead atoms. The van der Waals surface area contributed by atoms with Gasteiger partial charge in [0.1, 0.15) is 0 Å². The number of nitrogens with one attached hydrogen (secondary N) is 2. The first-order chi connectivity index (χ1) is 8.22. The van der Waals surface area contributed by atoms with Crippen molar-refractivity contribution in [3.63, 3.8) is 0 Å². The summed E-state index contributed by atoms with van der Waals surface area (Å²) in [6, 6.07) is 0. The number of carbonyl (C=O) groups excluding carboxylic acids is 2. The van der Waals surface area contributed by atoms with Crippen LogP contribution in [0.5, 0.6) is 0 Å². The summed E-state index contributed by atoms with van der Waals surface area (Å²) in [4.78, 5) is 21.9. The van der Waals surface area contributed by atoms with E-state index >= 15 is 0 Å². The Morgan fingerprint density at radius 3 is 1.88 bits per heavy atom. The molecule has 0 heterocycles. The molecule has 0 saturated heterocycles. The lowest BCUT2D eigenvalue weighted by molar-refractivity contribution is -0.138. The Balaban J connectivity index is 3.18. The third-order valence-corrected chi connectivity index (χ3v) is 2.75. The molecule has 0 rings (SSSR count). The standard InChI is InChI=1S/C13H26N2O2/c1-3-4-5-6-7-8-9-10-11-15-13(17)12(16)14-2/h3-11H2,1-2H3,(H,14,16)(H,15,17). The largest absolute Gasteiger partial charge is 0.351 e. The molecule has 4 nitrogen and oxygen atoms in total. The Morgan fingerprint density at radius 2 is 1.35 bits per heavy atom. The molecule has 2 N–H and O–H groups in total. The van der Waals surface area contributed by atoms with E-state index in [1.165, 1.54) is 45.6 Å². The van der Waals surface area contributed by atoms with Crippen LogP contribution in [0.3, 0.4) is 0 Å². The molecule has 17 heavy (non-hydrogen) atoms. The van der Waals surface area contributed by atoms with Gasteiger partial charge >= 0.3 is 11.8 Å². The molecule has 0 aromatic carbocycles. The SMILES string of the molecule is CCCCCCCCCCNC(=O)C(=O)NC. The van der Waals surface area contributed by atoms with Crippen LogP contribution in [0.4, 0.5) is 0 Å². The van der Waals surface area contributed by atoms with E-state index in [0.29, 0.717) is 6.54 Å². The molecule has 0 atom stereocenters. The Hall–Kier alpha value is -1.06. The van der Waals surface area contributed by atoms with Gasteiger partial charge in [-0.1, -0.05) is 51.9 Å². The third-order valence-electron chi connectivity index (χ3n) is 2.75. The number of unbranched alkanes of at least 4 members (excludes halogenated alkanes) is 7. The summed E-state index contributed by atoms with van der Waals surface area (Å²) in [5.74, 6) is -1.10. The van der Waals surface area contributed by atoms with E-state index in [4.69, 9.17) is 0 Å². The fourth-order valence-corrected chi connectivity index (χ4v) is 1.65. The van der Waals surface area contributed by atoms with Crippen LogP contribution in [0.25, 0.3) is 0 Å². The second-order valence-corrected chi connectivity index (χ2v) is 4.31. The topological polar surface area (TPSA) is 58.2 Å². The van der Waals surface area contributed by atoms with Gasteiger partial charge < -0.3 is 10.6 Å². The minimum Gasteiger partial charge on any atom is -0.351 e. The van der Waals surface area contributed by atoms with Crippen molar-refractivity contribution in [2.45, 2.75) is 58.3 Å². The van der Waals surface area contributed by atoms with Crippen molar-refractivity contribution < 1.29 is 9.59 Å². The molecule has 0 unspecified atom stereocenters. The number of rotatable bonds is 9. The van der Waals surface area contributed by atoms with Gasteiger partial charge in [0, 0.05) is 13.6 Å². The van der Waals surface area contributed by atoms with Gasteiger partial charge in [-0.25, -0.2) is 0 Å². The van der Waals surface area contributed by atoms with Crippen LogP contribution in [0, 0.1) is 0 Å². The molecule has 0 aliphatic heterocycles. The van der Waals surface area contributed by atoms with E-state index in [1.807, 2.05) is 0 Å². The van der Waals surface area contributed by atoms with Crippen LogP contribution < -0.4 is 10.6 Å². The lowest BCUT2D eigenvalue weighted by Gasteiger charge is -2.04. The molecule has 0 aromatic heterocycles. The predicted molar refractivity (Wildman–Crippen MR) is 69.7 cm³/mol. The zero-order valence-electron chi connectivity index (χ0n) is 11.2. The van der Waals surface area contributed by atoms with E-state index in [1.54, 1.807) is 0 Å². The van der Waals surface area contributed by atoms with Crippen LogP contribution in [0.2, 0.25) is 0 Å². The molecule has 0 spiro atoms. The molecule has 0 aliphatic carbocycles. The normalized spacial score (nSPS) is 10.0. The average molecular weight is 242 g/mol. The predicted octanol–water partition coefficient (Wildman–Crippen LogP) is 1.99. The van der Waals surface area contributed by atoms with Crippen LogP contribution in [0.15, 0.2) is 0 Å². The Kier molecular flexibility index (Phi) is 10.7. The molecule has 0 saturated carbocycles. The van der Waals surface area contributed by atoms with Crippen molar-refractivity contribution in [3.05, 3.63) is 0 Å². The van der Waals surface area contributed by atoms with Crippen molar-refractivity contribution >= 4 is 11.8 Å². The fraction of sp³-hybridized carbons (Fsp3) is 0.846. The Labute approximate surface area is 105 Å². The molecule has 2 amide bonds.